The van der Waals surface area contributed by atoms with Gasteiger partial charge in [-0.15, -0.1) is 0 Å². The summed E-state index contributed by atoms with van der Waals surface area (Å²) >= 11 is 0. The first kappa shape index (κ1) is 15.3. The Balaban J connectivity index is 2.18. The number of urea groups is 1. The SMILES string of the molecule is CCCC(O)CNC(=O)NC(C)C1CCCCC1. The molecule has 4 nitrogen and oxygen atoms in total. The molecular weight excluding hydrogens is 228 g/mol. The number of amides is 2. The zero-order chi connectivity index (χ0) is 13.4. The molecule has 0 spiro atoms. The van der Waals surface area contributed by atoms with E-state index >= 15 is 0 Å². The molecule has 1 fully saturated rings. The maximum absolute atomic E-state index is 11.7. The van der Waals surface area contributed by atoms with Crippen LogP contribution in [0.25, 0.3) is 0 Å². The van der Waals surface area contributed by atoms with Gasteiger partial charge in [0.2, 0.25) is 0 Å². The summed E-state index contributed by atoms with van der Waals surface area (Å²) in [5.41, 5.74) is 0. The first-order chi connectivity index (χ1) is 8.63. The Hall–Kier alpha value is -0.770. The highest BCUT2D eigenvalue weighted by atomic mass is 16.3. The van der Waals surface area contributed by atoms with Gasteiger partial charge in [0.1, 0.15) is 0 Å². The van der Waals surface area contributed by atoms with Crippen LogP contribution in [0.1, 0.15) is 58.8 Å². The van der Waals surface area contributed by atoms with Gasteiger partial charge in [-0.2, -0.15) is 0 Å². The Bertz CT molecular complexity index is 240. The van der Waals surface area contributed by atoms with Crippen LogP contribution in [0.5, 0.6) is 0 Å². The predicted octanol–water partition coefficient (Wildman–Crippen LogP) is 2.42. The van der Waals surface area contributed by atoms with Crippen LogP contribution in [-0.4, -0.2) is 29.8 Å². The molecule has 0 aromatic heterocycles. The Labute approximate surface area is 111 Å². The van der Waals surface area contributed by atoms with Crippen LogP contribution >= 0.6 is 0 Å². The molecule has 0 saturated heterocycles. The average molecular weight is 256 g/mol. The van der Waals surface area contributed by atoms with Gasteiger partial charge in [-0.3, -0.25) is 0 Å². The van der Waals surface area contributed by atoms with Crippen LogP contribution < -0.4 is 10.6 Å². The lowest BCUT2D eigenvalue weighted by atomic mass is 9.85. The smallest absolute Gasteiger partial charge is 0.315 e. The van der Waals surface area contributed by atoms with Crippen molar-refractivity contribution in [2.24, 2.45) is 5.92 Å². The van der Waals surface area contributed by atoms with Crippen LogP contribution in [-0.2, 0) is 0 Å². The fourth-order valence-electron chi connectivity index (χ4n) is 2.66. The summed E-state index contributed by atoms with van der Waals surface area (Å²) in [6, 6.07) is 0.0804. The molecule has 1 aliphatic carbocycles. The molecule has 0 aliphatic heterocycles. The summed E-state index contributed by atoms with van der Waals surface area (Å²) in [5.74, 6) is 0.616. The van der Waals surface area contributed by atoms with Crippen LogP contribution in [0.2, 0.25) is 0 Å². The van der Waals surface area contributed by atoms with Crippen molar-refractivity contribution in [2.45, 2.75) is 70.9 Å². The monoisotopic (exact) mass is 256 g/mol. The van der Waals surface area contributed by atoms with E-state index in [0.717, 1.165) is 12.8 Å². The number of aliphatic hydroxyl groups is 1. The molecule has 0 heterocycles. The summed E-state index contributed by atoms with van der Waals surface area (Å²) < 4.78 is 0. The lowest BCUT2D eigenvalue weighted by Gasteiger charge is -2.28. The van der Waals surface area contributed by atoms with E-state index in [2.05, 4.69) is 17.6 Å². The quantitative estimate of drug-likeness (QED) is 0.683. The summed E-state index contributed by atoms with van der Waals surface area (Å²) in [4.78, 5) is 11.7. The topological polar surface area (TPSA) is 61.4 Å². The molecule has 18 heavy (non-hydrogen) atoms. The molecule has 0 aromatic rings. The Morgan fingerprint density at radius 2 is 2.00 bits per heavy atom. The van der Waals surface area contributed by atoms with E-state index < -0.39 is 6.10 Å². The van der Waals surface area contributed by atoms with Crippen molar-refractivity contribution in [3.63, 3.8) is 0 Å². The molecule has 1 saturated carbocycles. The van der Waals surface area contributed by atoms with Gasteiger partial charge in [0, 0.05) is 12.6 Å². The van der Waals surface area contributed by atoms with Crippen LogP contribution in [0.15, 0.2) is 0 Å². The predicted molar refractivity (Wildman–Crippen MR) is 73.5 cm³/mol. The molecule has 106 valence electrons. The highest BCUT2D eigenvalue weighted by molar-refractivity contribution is 5.74. The van der Waals surface area contributed by atoms with Gasteiger partial charge >= 0.3 is 6.03 Å². The number of carbonyl (C=O) groups is 1. The Morgan fingerprint density at radius 1 is 1.33 bits per heavy atom. The molecular formula is C14H28N2O2. The van der Waals surface area contributed by atoms with Gasteiger partial charge < -0.3 is 15.7 Å². The van der Waals surface area contributed by atoms with Gasteiger partial charge in [0.15, 0.2) is 0 Å². The number of hydrogen-bond acceptors (Lipinski definition) is 2. The summed E-state index contributed by atoms with van der Waals surface area (Å²) in [6.07, 6.45) is 7.59. The van der Waals surface area contributed by atoms with Crippen molar-refractivity contribution in [1.29, 1.82) is 0 Å². The average Bonchev–Trinajstić information content (AvgIpc) is 2.38. The van der Waals surface area contributed by atoms with Crippen molar-refractivity contribution in [3.05, 3.63) is 0 Å². The van der Waals surface area contributed by atoms with Crippen LogP contribution in [0.4, 0.5) is 4.79 Å². The number of carbonyl (C=O) groups excluding carboxylic acids is 1. The highest BCUT2D eigenvalue weighted by Crippen LogP contribution is 2.26. The fourth-order valence-corrected chi connectivity index (χ4v) is 2.66. The van der Waals surface area contributed by atoms with Gasteiger partial charge in [-0.25, -0.2) is 4.79 Å². The number of nitrogens with one attached hydrogen (secondary N) is 2. The number of hydrogen-bond donors (Lipinski definition) is 3. The molecule has 2 unspecified atom stereocenters. The van der Waals surface area contributed by atoms with Crippen LogP contribution in [0.3, 0.4) is 0 Å². The first-order valence-corrected chi connectivity index (χ1v) is 7.36. The van der Waals surface area contributed by atoms with Crippen molar-refractivity contribution < 1.29 is 9.90 Å². The largest absolute Gasteiger partial charge is 0.391 e. The van der Waals surface area contributed by atoms with Crippen molar-refractivity contribution >= 4 is 6.03 Å². The Morgan fingerprint density at radius 3 is 2.61 bits per heavy atom. The second kappa shape index (κ2) is 8.35. The summed E-state index contributed by atoms with van der Waals surface area (Å²) in [5, 5.41) is 15.3. The van der Waals surface area contributed by atoms with E-state index in [1.54, 1.807) is 0 Å². The van der Waals surface area contributed by atoms with E-state index in [1.807, 2.05) is 6.92 Å². The van der Waals surface area contributed by atoms with E-state index in [0.29, 0.717) is 12.5 Å². The minimum absolute atomic E-state index is 0.150. The molecule has 4 heteroatoms. The summed E-state index contributed by atoms with van der Waals surface area (Å²) in [7, 11) is 0. The van der Waals surface area contributed by atoms with E-state index in [9.17, 15) is 9.90 Å². The third kappa shape index (κ3) is 5.71. The van der Waals surface area contributed by atoms with Crippen LogP contribution in [0, 0.1) is 5.92 Å². The van der Waals surface area contributed by atoms with Gasteiger partial charge in [0.05, 0.1) is 6.10 Å². The molecule has 3 N–H and O–H groups in total. The lowest BCUT2D eigenvalue weighted by Crippen LogP contribution is -2.46. The van der Waals surface area contributed by atoms with E-state index in [4.69, 9.17) is 0 Å². The highest BCUT2D eigenvalue weighted by Gasteiger charge is 2.21. The molecule has 0 bridgehead atoms. The first-order valence-electron chi connectivity index (χ1n) is 7.36. The van der Waals surface area contributed by atoms with Crippen molar-refractivity contribution in [2.75, 3.05) is 6.54 Å². The second-order valence-electron chi connectivity index (χ2n) is 5.48. The normalized spacial score (nSPS) is 20.2. The molecule has 1 rings (SSSR count). The molecule has 0 radical (unpaired) electrons. The zero-order valence-corrected chi connectivity index (χ0v) is 11.7. The van der Waals surface area contributed by atoms with Crippen molar-refractivity contribution in [3.8, 4) is 0 Å². The number of rotatable bonds is 6. The maximum Gasteiger partial charge on any atom is 0.315 e. The minimum atomic E-state index is -0.425. The summed E-state index contributed by atoms with van der Waals surface area (Å²) in [6.45, 7) is 4.45. The molecule has 2 atom stereocenters. The van der Waals surface area contributed by atoms with E-state index in [-0.39, 0.29) is 12.1 Å². The minimum Gasteiger partial charge on any atom is -0.391 e. The maximum atomic E-state index is 11.7. The van der Waals surface area contributed by atoms with Gasteiger partial charge in [-0.05, 0) is 32.1 Å². The molecule has 0 aromatic carbocycles. The second-order valence-corrected chi connectivity index (χ2v) is 5.48. The molecule has 1 aliphatic rings. The third-order valence-corrected chi connectivity index (χ3v) is 3.84. The zero-order valence-electron chi connectivity index (χ0n) is 11.7. The van der Waals surface area contributed by atoms with Gasteiger partial charge in [0.25, 0.3) is 0 Å². The Kier molecular flexibility index (Phi) is 7.09. The fraction of sp³-hybridized carbons (Fsp3) is 0.929. The van der Waals surface area contributed by atoms with Gasteiger partial charge in [-0.1, -0.05) is 32.6 Å². The van der Waals surface area contributed by atoms with E-state index in [1.165, 1.54) is 32.1 Å². The number of aliphatic hydroxyl groups excluding tert-OH is 1. The van der Waals surface area contributed by atoms with Crippen molar-refractivity contribution in [1.82, 2.24) is 10.6 Å². The standard InChI is InChI=1S/C14H28N2O2/c1-3-7-13(17)10-15-14(18)16-11(2)12-8-5-4-6-9-12/h11-13,17H,3-10H2,1-2H3,(H2,15,16,18). The lowest BCUT2D eigenvalue weighted by molar-refractivity contribution is 0.159. The molecule has 2 amide bonds. The third-order valence-electron chi connectivity index (χ3n) is 3.84.